The number of ether oxygens (including phenoxy) is 1. The van der Waals surface area contributed by atoms with Gasteiger partial charge in [-0.25, -0.2) is 0 Å². The van der Waals surface area contributed by atoms with Crippen LogP contribution in [0.15, 0.2) is 11.6 Å². The maximum absolute atomic E-state index is 11.9. The molecule has 3 nitrogen and oxygen atoms in total. The zero-order valence-corrected chi connectivity index (χ0v) is 10.9. The van der Waals surface area contributed by atoms with Gasteiger partial charge in [0.1, 0.15) is 6.10 Å². The van der Waals surface area contributed by atoms with E-state index in [1.54, 1.807) is 0 Å². The van der Waals surface area contributed by atoms with Crippen molar-refractivity contribution in [3.05, 3.63) is 11.6 Å². The van der Waals surface area contributed by atoms with E-state index < -0.39 is 0 Å². The predicted octanol–water partition coefficient (Wildman–Crippen LogP) is 2.50. The van der Waals surface area contributed by atoms with E-state index >= 15 is 0 Å². The van der Waals surface area contributed by atoms with E-state index in [1.165, 1.54) is 6.92 Å². The topological polar surface area (TPSA) is 43.4 Å². The van der Waals surface area contributed by atoms with Gasteiger partial charge in [-0.1, -0.05) is 26.8 Å². The smallest absolute Gasteiger partial charge is 0.302 e. The summed E-state index contributed by atoms with van der Waals surface area (Å²) in [6.07, 6.45) is 3.36. The molecular weight excluding hydrogens is 216 g/mol. The van der Waals surface area contributed by atoms with E-state index in [9.17, 15) is 9.59 Å². The first-order valence-electron chi connectivity index (χ1n) is 6.26. The van der Waals surface area contributed by atoms with Gasteiger partial charge < -0.3 is 4.74 Å². The van der Waals surface area contributed by atoms with Crippen molar-refractivity contribution in [2.75, 3.05) is 0 Å². The summed E-state index contributed by atoms with van der Waals surface area (Å²) in [5.74, 6) is 0.471. The van der Waals surface area contributed by atoms with Gasteiger partial charge in [0.05, 0.1) is 0 Å². The molecule has 2 rings (SSSR count). The highest BCUT2D eigenvalue weighted by Gasteiger charge is 2.50. The molecule has 17 heavy (non-hydrogen) atoms. The SMILES string of the molecule is CC(=O)O[C@H]1[C@@H]2C(=CC1(C)C)C(=O)CC[C@H]2C. The summed E-state index contributed by atoms with van der Waals surface area (Å²) < 4.78 is 5.47. The van der Waals surface area contributed by atoms with Crippen molar-refractivity contribution in [1.29, 1.82) is 0 Å². The Morgan fingerprint density at radius 1 is 1.47 bits per heavy atom. The van der Waals surface area contributed by atoms with Crippen LogP contribution < -0.4 is 0 Å². The first kappa shape index (κ1) is 12.3. The van der Waals surface area contributed by atoms with Crippen LogP contribution in [-0.2, 0) is 14.3 Å². The zero-order chi connectivity index (χ0) is 12.8. The minimum Gasteiger partial charge on any atom is -0.461 e. The Labute approximate surface area is 102 Å². The minimum atomic E-state index is -0.261. The monoisotopic (exact) mass is 236 g/mol. The summed E-state index contributed by atoms with van der Waals surface area (Å²) in [7, 11) is 0. The Balaban J connectivity index is 2.35. The number of hydrogen-bond donors (Lipinski definition) is 0. The highest BCUT2D eigenvalue weighted by Crippen LogP contribution is 2.49. The van der Waals surface area contributed by atoms with Crippen molar-refractivity contribution in [2.45, 2.75) is 46.6 Å². The van der Waals surface area contributed by atoms with Crippen molar-refractivity contribution < 1.29 is 14.3 Å². The van der Waals surface area contributed by atoms with E-state index in [2.05, 4.69) is 6.92 Å². The molecular formula is C14H20O3. The molecule has 0 spiro atoms. The second kappa shape index (κ2) is 3.97. The van der Waals surface area contributed by atoms with Crippen LogP contribution in [0.3, 0.4) is 0 Å². The van der Waals surface area contributed by atoms with Crippen molar-refractivity contribution >= 4 is 11.8 Å². The highest BCUT2D eigenvalue weighted by molar-refractivity contribution is 5.97. The fourth-order valence-corrected chi connectivity index (χ4v) is 3.16. The first-order valence-corrected chi connectivity index (χ1v) is 6.26. The lowest BCUT2D eigenvalue weighted by Gasteiger charge is -2.35. The van der Waals surface area contributed by atoms with Gasteiger partial charge in [0.15, 0.2) is 5.78 Å². The number of ketones is 1. The van der Waals surface area contributed by atoms with Gasteiger partial charge in [-0.15, -0.1) is 0 Å². The number of fused-ring (bicyclic) bond motifs is 1. The number of esters is 1. The Morgan fingerprint density at radius 2 is 2.12 bits per heavy atom. The van der Waals surface area contributed by atoms with Crippen LogP contribution in [0, 0.1) is 17.3 Å². The summed E-state index contributed by atoms with van der Waals surface area (Å²) in [6.45, 7) is 7.64. The van der Waals surface area contributed by atoms with E-state index in [0.717, 1.165) is 12.0 Å². The van der Waals surface area contributed by atoms with Crippen LogP contribution in [-0.4, -0.2) is 17.9 Å². The lowest BCUT2D eigenvalue weighted by atomic mass is 9.74. The van der Waals surface area contributed by atoms with E-state index in [-0.39, 0.29) is 29.2 Å². The molecule has 2 aliphatic rings. The van der Waals surface area contributed by atoms with Gasteiger partial charge in [-0.05, 0) is 17.9 Å². The summed E-state index contributed by atoms with van der Waals surface area (Å²) in [5, 5.41) is 0. The van der Waals surface area contributed by atoms with Crippen LogP contribution in [0.2, 0.25) is 0 Å². The number of Topliss-reactive ketones (excluding diaryl/α,β-unsaturated/α-hetero) is 1. The molecule has 0 saturated heterocycles. The normalized spacial score (nSPS) is 35.2. The molecule has 0 aliphatic heterocycles. The third-order valence-corrected chi connectivity index (χ3v) is 4.00. The molecule has 0 heterocycles. The van der Waals surface area contributed by atoms with Crippen molar-refractivity contribution in [1.82, 2.24) is 0 Å². The van der Waals surface area contributed by atoms with Crippen LogP contribution >= 0.6 is 0 Å². The molecule has 3 heteroatoms. The van der Waals surface area contributed by atoms with Crippen molar-refractivity contribution in [3.63, 3.8) is 0 Å². The molecule has 0 N–H and O–H groups in total. The molecule has 3 atom stereocenters. The number of carbonyl (C=O) groups excluding carboxylic acids is 2. The average molecular weight is 236 g/mol. The lowest BCUT2D eigenvalue weighted by molar-refractivity contribution is -0.154. The molecule has 0 aromatic heterocycles. The predicted molar refractivity (Wildman–Crippen MR) is 64.3 cm³/mol. The van der Waals surface area contributed by atoms with Crippen molar-refractivity contribution in [3.8, 4) is 0 Å². The highest BCUT2D eigenvalue weighted by atomic mass is 16.5. The van der Waals surface area contributed by atoms with Gasteiger partial charge in [0, 0.05) is 24.7 Å². The molecule has 0 bridgehead atoms. The lowest BCUT2D eigenvalue weighted by Crippen LogP contribution is -2.39. The van der Waals surface area contributed by atoms with E-state index in [1.807, 2.05) is 19.9 Å². The third-order valence-electron chi connectivity index (χ3n) is 4.00. The van der Waals surface area contributed by atoms with Crippen LogP contribution in [0.4, 0.5) is 0 Å². The third kappa shape index (κ3) is 2.03. The summed E-state index contributed by atoms with van der Waals surface area (Å²) in [6, 6.07) is 0. The number of hydrogen-bond acceptors (Lipinski definition) is 3. The molecule has 0 radical (unpaired) electrons. The van der Waals surface area contributed by atoms with Crippen LogP contribution in [0.25, 0.3) is 0 Å². The maximum atomic E-state index is 11.9. The molecule has 0 amide bonds. The second-order valence-electron chi connectivity index (χ2n) is 5.92. The molecule has 2 aliphatic carbocycles. The molecule has 0 aromatic rings. The molecule has 1 saturated carbocycles. The Hall–Kier alpha value is -1.12. The maximum Gasteiger partial charge on any atom is 0.302 e. The van der Waals surface area contributed by atoms with E-state index in [4.69, 9.17) is 4.74 Å². The number of rotatable bonds is 1. The summed E-state index contributed by atoms with van der Waals surface area (Å²) >= 11 is 0. The zero-order valence-electron chi connectivity index (χ0n) is 10.9. The standard InChI is InChI=1S/C14H20O3/c1-8-5-6-11(16)10-7-14(3,4)13(12(8)10)17-9(2)15/h7-8,12-13H,5-6H2,1-4H3/t8-,12+,13+/m1/s1. The average Bonchev–Trinajstić information content (AvgIpc) is 2.46. The van der Waals surface area contributed by atoms with Gasteiger partial charge >= 0.3 is 5.97 Å². The fraction of sp³-hybridized carbons (Fsp3) is 0.714. The van der Waals surface area contributed by atoms with Crippen LogP contribution in [0.1, 0.15) is 40.5 Å². The van der Waals surface area contributed by atoms with Crippen LogP contribution in [0.5, 0.6) is 0 Å². The molecule has 94 valence electrons. The quantitative estimate of drug-likeness (QED) is 0.657. The Morgan fingerprint density at radius 3 is 2.71 bits per heavy atom. The van der Waals surface area contributed by atoms with Crippen molar-refractivity contribution in [2.24, 2.45) is 17.3 Å². The van der Waals surface area contributed by atoms with Gasteiger partial charge in [0.2, 0.25) is 0 Å². The van der Waals surface area contributed by atoms with Gasteiger partial charge in [0.25, 0.3) is 0 Å². The van der Waals surface area contributed by atoms with Gasteiger partial charge in [-0.2, -0.15) is 0 Å². The Bertz CT molecular complexity index is 392. The summed E-state index contributed by atoms with van der Waals surface area (Å²) in [5.41, 5.74) is 0.653. The molecule has 0 unspecified atom stereocenters. The van der Waals surface area contributed by atoms with Gasteiger partial charge in [-0.3, -0.25) is 9.59 Å². The largest absolute Gasteiger partial charge is 0.461 e. The molecule has 1 fully saturated rings. The minimum absolute atomic E-state index is 0.0927. The second-order valence-corrected chi connectivity index (χ2v) is 5.92. The number of carbonyl (C=O) groups is 2. The van der Waals surface area contributed by atoms with E-state index in [0.29, 0.717) is 12.3 Å². The fourth-order valence-electron chi connectivity index (χ4n) is 3.16. The molecule has 0 aromatic carbocycles. The first-order chi connectivity index (χ1) is 7.83. The summed E-state index contributed by atoms with van der Waals surface area (Å²) in [4.78, 5) is 23.2. The Kier molecular flexibility index (Phi) is 2.88.